The number of aliphatic hydroxyl groups excluding tert-OH is 1. The lowest BCUT2D eigenvalue weighted by Crippen LogP contribution is -2.43. The van der Waals surface area contributed by atoms with Gasteiger partial charge < -0.3 is 10.0 Å². The van der Waals surface area contributed by atoms with Crippen LogP contribution in [0.15, 0.2) is 6.07 Å². The summed E-state index contributed by atoms with van der Waals surface area (Å²) in [6.07, 6.45) is -0.552. The maximum Gasteiger partial charge on any atom is 0.323 e. The zero-order valence-corrected chi connectivity index (χ0v) is 11.6. The van der Waals surface area contributed by atoms with Gasteiger partial charge in [0.1, 0.15) is 0 Å². The van der Waals surface area contributed by atoms with E-state index >= 15 is 0 Å². The van der Waals surface area contributed by atoms with Gasteiger partial charge in [0.2, 0.25) is 0 Å². The predicted molar refractivity (Wildman–Crippen MR) is 70.5 cm³/mol. The zero-order chi connectivity index (χ0) is 13.9. The van der Waals surface area contributed by atoms with E-state index in [1.807, 2.05) is 27.8 Å². The van der Waals surface area contributed by atoms with E-state index in [0.29, 0.717) is 12.4 Å². The van der Waals surface area contributed by atoms with Gasteiger partial charge in [-0.25, -0.2) is 4.79 Å². The highest BCUT2D eigenvalue weighted by Gasteiger charge is 2.19. The van der Waals surface area contributed by atoms with Crippen LogP contribution in [-0.4, -0.2) is 44.5 Å². The minimum Gasteiger partial charge on any atom is -0.392 e. The second kappa shape index (κ2) is 5.86. The molecule has 102 valence electrons. The monoisotopic (exact) mass is 254 g/mol. The van der Waals surface area contributed by atoms with E-state index in [0.717, 1.165) is 5.69 Å². The fourth-order valence-corrected chi connectivity index (χ4v) is 1.62. The first-order valence-electron chi connectivity index (χ1n) is 6.07. The first-order valence-corrected chi connectivity index (χ1v) is 6.07. The molecule has 0 aliphatic carbocycles. The Morgan fingerprint density at radius 1 is 1.56 bits per heavy atom. The number of nitrogens with one attached hydrogen (secondary N) is 1. The predicted octanol–water partition coefficient (Wildman–Crippen LogP) is 1.35. The third-order valence-electron chi connectivity index (χ3n) is 2.69. The van der Waals surface area contributed by atoms with Crippen molar-refractivity contribution in [2.45, 2.75) is 39.8 Å². The number of carbonyl (C=O) groups excluding carboxylic acids is 1. The van der Waals surface area contributed by atoms with E-state index in [4.69, 9.17) is 0 Å². The fourth-order valence-electron chi connectivity index (χ4n) is 1.62. The lowest BCUT2D eigenvalue weighted by atomic mass is 10.3. The normalized spacial score (nSPS) is 12.6. The lowest BCUT2D eigenvalue weighted by molar-refractivity contribution is 0.125. The van der Waals surface area contributed by atoms with Crippen LogP contribution in [0.3, 0.4) is 0 Å². The average Bonchev–Trinajstić information content (AvgIpc) is 2.53. The van der Waals surface area contributed by atoms with Gasteiger partial charge in [-0.1, -0.05) is 0 Å². The van der Waals surface area contributed by atoms with Crippen LogP contribution in [0.2, 0.25) is 0 Å². The molecule has 0 radical (unpaired) electrons. The number of aliphatic hydroxyl groups is 1. The van der Waals surface area contributed by atoms with Crippen LogP contribution in [-0.2, 0) is 7.05 Å². The van der Waals surface area contributed by atoms with E-state index in [-0.39, 0.29) is 12.1 Å². The molecule has 2 N–H and O–H groups in total. The van der Waals surface area contributed by atoms with Crippen LogP contribution in [0.1, 0.15) is 26.5 Å². The number of nitrogens with zero attached hydrogens (tertiary/aromatic N) is 3. The van der Waals surface area contributed by atoms with Crippen molar-refractivity contribution < 1.29 is 9.90 Å². The molecule has 0 aromatic carbocycles. The molecule has 0 bridgehead atoms. The second-order valence-corrected chi connectivity index (χ2v) is 4.82. The van der Waals surface area contributed by atoms with Gasteiger partial charge in [0.05, 0.1) is 6.10 Å². The van der Waals surface area contributed by atoms with E-state index in [1.54, 1.807) is 22.6 Å². The molecule has 0 saturated heterocycles. The zero-order valence-electron chi connectivity index (χ0n) is 11.6. The highest BCUT2D eigenvalue weighted by molar-refractivity contribution is 5.88. The van der Waals surface area contributed by atoms with Crippen LogP contribution in [0, 0.1) is 6.92 Å². The molecule has 1 aromatic rings. The van der Waals surface area contributed by atoms with Gasteiger partial charge in [-0.05, 0) is 27.7 Å². The van der Waals surface area contributed by atoms with Gasteiger partial charge in [0.25, 0.3) is 0 Å². The molecule has 1 unspecified atom stereocenters. The Kier molecular flexibility index (Phi) is 4.72. The summed E-state index contributed by atoms with van der Waals surface area (Å²) in [5.41, 5.74) is 0.969. The number of aromatic nitrogens is 2. The molecule has 0 aliphatic rings. The number of aryl methyl sites for hydroxylation is 2. The smallest absolute Gasteiger partial charge is 0.323 e. The van der Waals surface area contributed by atoms with Crippen molar-refractivity contribution in [1.82, 2.24) is 14.7 Å². The summed E-state index contributed by atoms with van der Waals surface area (Å²) in [6, 6.07) is 1.58. The summed E-state index contributed by atoms with van der Waals surface area (Å²) in [6.45, 7) is 7.69. The maximum absolute atomic E-state index is 12.1. The Hall–Kier alpha value is -1.56. The summed E-state index contributed by atoms with van der Waals surface area (Å²) in [7, 11) is 1.82. The lowest BCUT2D eigenvalue weighted by Gasteiger charge is -2.27. The van der Waals surface area contributed by atoms with Crippen LogP contribution < -0.4 is 5.32 Å². The maximum atomic E-state index is 12.1. The quantitative estimate of drug-likeness (QED) is 0.852. The number of hydrogen-bond acceptors (Lipinski definition) is 3. The number of urea groups is 1. The topological polar surface area (TPSA) is 70.4 Å². The van der Waals surface area contributed by atoms with Gasteiger partial charge >= 0.3 is 6.03 Å². The number of amides is 2. The van der Waals surface area contributed by atoms with Crippen molar-refractivity contribution >= 4 is 11.8 Å². The molecule has 0 spiro atoms. The molecule has 1 aromatic heterocycles. The number of anilines is 1. The van der Waals surface area contributed by atoms with Crippen molar-refractivity contribution in [2.24, 2.45) is 7.05 Å². The minimum atomic E-state index is -0.552. The summed E-state index contributed by atoms with van der Waals surface area (Å²) in [4.78, 5) is 13.6. The Morgan fingerprint density at radius 3 is 2.56 bits per heavy atom. The fraction of sp³-hybridized carbons (Fsp3) is 0.667. The molecular formula is C12H22N4O2. The molecule has 0 saturated carbocycles. The molecule has 2 amide bonds. The van der Waals surface area contributed by atoms with E-state index in [2.05, 4.69) is 10.4 Å². The summed E-state index contributed by atoms with van der Waals surface area (Å²) >= 11 is 0. The van der Waals surface area contributed by atoms with Crippen molar-refractivity contribution in [3.05, 3.63) is 11.8 Å². The van der Waals surface area contributed by atoms with Gasteiger partial charge in [-0.15, -0.1) is 0 Å². The molecule has 6 heteroatoms. The van der Waals surface area contributed by atoms with E-state index < -0.39 is 6.10 Å². The Bertz CT molecular complexity index is 393. The van der Waals surface area contributed by atoms with Crippen molar-refractivity contribution in [1.29, 1.82) is 0 Å². The summed E-state index contributed by atoms with van der Waals surface area (Å²) in [5.74, 6) is 0.524. The highest BCUT2D eigenvalue weighted by atomic mass is 16.3. The van der Waals surface area contributed by atoms with Gasteiger partial charge in [0.15, 0.2) is 5.82 Å². The van der Waals surface area contributed by atoms with Crippen molar-refractivity contribution in [3.8, 4) is 0 Å². The molecule has 18 heavy (non-hydrogen) atoms. The largest absolute Gasteiger partial charge is 0.392 e. The summed E-state index contributed by atoms with van der Waals surface area (Å²) < 4.78 is 1.70. The molecular weight excluding hydrogens is 232 g/mol. The first-order chi connectivity index (χ1) is 8.31. The second-order valence-electron chi connectivity index (χ2n) is 4.82. The van der Waals surface area contributed by atoms with Crippen molar-refractivity contribution in [3.63, 3.8) is 0 Å². The third-order valence-corrected chi connectivity index (χ3v) is 2.69. The molecule has 1 heterocycles. The van der Waals surface area contributed by atoms with Crippen LogP contribution >= 0.6 is 0 Å². The number of hydrogen-bond donors (Lipinski definition) is 2. The average molecular weight is 254 g/mol. The van der Waals surface area contributed by atoms with Gasteiger partial charge in [0, 0.05) is 31.4 Å². The van der Waals surface area contributed by atoms with Gasteiger partial charge in [-0.3, -0.25) is 10.00 Å². The molecule has 6 nitrogen and oxygen atoms in total. The van der Waals surface area contributed by atoms with E-state index in [9.17, 15) is 9.90 Å². The number of carbonyl (C=O) groups is 1. The van der Waals surface area contributed by atoms with Crippen LogP contribution in [0.5, 0.6) is 0 Å². The molecule has 1 atom stereocenters. The summed E-state index contributed by atoms with van der Waals surface area (Å²) in [5, 5.41) is 16.3. The van der Waals surface area contributed by atoms with Crippen LogP contribution in [0.25, 0.3) is 0 Å². The van der Waals surface area contributed by atoms with Crippen molar-refractivity contribution in [2.75, 3.05) is 11.9 Å². The molecule has 0 aliphatic heterocycles. The number of rotatable bonds is 4. The Balaban J connectivity index is 2.72. The molecule has 1 rings (SSSR count). The Labute approximate surface area is 108 Å². The standard InChI is InChI=1S/C12H22N4O2/c1-8(2)16(7-10(4)17)12(18)13-11-6-9(3)15(5)14-11/h6,8,10,17H,7H2,1-5H3,(H,13,14,18). The first kappa shape index (κ1) is 14.5. The molecule has 0 fully saturated rings. The third kappa shape index (κ3) is 3.73. The van der Waals surface area contributed by atoms with Gasteiger partial charge in [-0.2, -0.15) is 5.10 Å². The Morgan fingerprint density at radius 2 is 2.17 bits per heavy atom. The van der Waals surface area contributed by atoms with Crippen LogP contribution in [0.4, 0.5) is 10.6 Å². The minimum absolute atomic E-state index is 0.0180. The van der Waals surface area contributed by atoms with E-state index in [1.165, 1.54) is 0 Å². The SMILES string of the molecule is Cc1cc(NC(=O)N(CC(C)O)C(C)C)nn1C. The highest BCUT2D eigenvalue weighted by Crippen LogP contribution is 2.09.